The highest BCUT2D eigenvalue weighted by Gasteiger charge is 2.31. The molecule has 3 heteroatoms. The summed E-state index contributed by atoms with van der Waals surface area (Å²) in [5, 5.41) is 0. The molecular formula is C11H22ClNO. The minimum Gasteiger partial charge on any atom is -0.383 e. The van der Waals surface area contributed by atoms with Crippen LogP contribution in [0.5, 0.6) is 0 Å². The smallest absolute Gasteiger partial charge is 0.0589 e. The molecule has 0 aromatic rings. The van der Waals surface area contributed by atoms with E-state index in [4.69, 9.17) is 16.3 Å². The van der Waals surface area contributed by atoms with Gasteiger partial charge in [-0.1, -0.05) is 0 Å². The molecule has 1 rings (SSSR count). The third-order valence-electron chi connectivity index (χ3n) is 3.04. The standard InChI is InChI=1S/C11H22ClNO/c1-10(11-4-5-11)13(7-3-6-12)8-9-14-2/h10-11H,3-9H2,1-2H3. The van der Waals surface area contributed by atoms with Crippen LogP contribution in [-0.4, -0.2) is 43.6 Å². The Hall–Kier alpha value is 0.210. The van der Waals surface area contributed by atoms with Crippen molar-refractivity contribution in [2.75, 3.05) is 32.7 Å². The van der Waals surface area contributed by atoms with Gasteiger partial charge in [0.05, 0.1) is 6.61 Å². The van der Waals surface area contributed by atoms with E-state index in [-0.39, 0.29) is 0 Å². The van der Waals surface area contributed by atoms with E-state index in [2.05, 4.69) is 11.8 Å². The maximum absolute atomic E-state index is 5.72. The van der Waals surface area contributed by atoms with E-state index in [1.165, 1.54) is 12.8 Å². The molecule has 1 aliphatic carbocycles. The van der Waals surface area contributed by atoms with Crippen molar-refractivity contribution >= 4 is 11.6 Å². The highest BCUT2D eigenvalue weighted by atomic mass is 35.5. The van der Waals surface area contributed by atoms with E-state index < -0.39 is 0 Å². The third-order valence-corrected chi connectivity index (χ3v) is 3.31. The van der Waals surface area contributed by atoms with E-state index in [9.17, 15) is 0 Å². The van der Waals surface area contributed by atoms with Gasteiger partial charge in [-0.3, -0.25) is 4.90 Å². The number of ether oxygens (including phenoxy) is 1. The highest BCUT2D eigenvalue weighted by Crippen LogP contribution is 2.35. The Bertz CT molecular complexity index is 142. The van der Waals surface area contributed by atoms with Crippen molar-refractivity contribution in [1.29, 1.82) is 0 Å². The van der Waals surface area contributed by atoms with Crippen molar-refractivity contribution in [3.8, 4) is 0 Å². The number of halogens is 1. The molecule has 0 N–H and O–H groups in total. The van der Waals surface area contributed by atoms with E-state index in [0.717, 1.165) is 37.9 Å². The SMILES string of the molecule is COCCN(CCCCl)C(C)C1CC1. The van der Waals surface area contributed by atoms with Crippen molar-refractivity contribution in [2.45, 2.75) is 32.2 Å². The summed E-state index contributed by atoms with van der Waals surface area (Å²) in [5.74, 6) is 1.70. The molecule has 0 bridgehead atoms. The van der Waals surface area contributed by atoms with Gasteiger partial charge in [0.25, 0.3) is 0 Å². The lowest BCUT2D eigenvalue weighted by molar-refractivity contribution is 0.117. The topological polar surface area (TPSA) is 12.5 Å². The first-order chi connectivity index (χ1) is 6.79. The first-order valence-corrected chi connectivity index (χ1v) is 6.12. The van der Waals surface area contributed by atoms with Gasteiger partial charge in [0.2, 0.25) is 0 Å². The Balaban J connectivity index is 2.25. The predicted octanol–water partition coefficient (Wildman–Crippen LogP) is 2.36. The maximum Gasteiger partial charge on any atom is 0.0589 e. The lowest BCUT2D eigenvalue weighted by Crippen LogP contribution is -2.38. The summed E-state index contributed by atoms with van der Waals surface area (Å²) in [4.78, 5) is 2.52. The molecule has 2 nitrogen and oxygen atoms in total. The van der Waals surface area contributed by atoms with Crippen LogP contribution in [0, 0.1) is 5.92 Å². The maximum atomic E-state index is 5.72. The summed E-state index contributed by atoms with van der Waals surface area (Å²) < 4.78 is 5.13. The molecule has 0 spiro atoms. The van der Waals surface area contributed by atoms with E-state index in [0.29, 0.717) is 6.04 Å². The normalized spacial score (nSPS) is 18.9. The van der Waals surface area contributed by atoms with Crippen molar-refractivity contribution in [2.24, 2.45) is 5.92 Å². The quantitative estimate of drug-likeness (QED) is 0.582. The molecule has 1 aliphatic rings. The molecule has 84 valence electrons. The van der Waals surface area contributed by atoms with Crippen LogP contribution >= 0.6 is 11.6 Å². The summed E-state index contributed by atoms with van der Waals surface area (Å²) in [6.07, 6.45) is 3.90. The van der Waals surface area contributed by atoms with Gasteiger partial charge in [-0.25, -0.2) is 0 Å². The molecule has 0 radical (unpaired) electrons. The van der Waals surface area contributed by atoms with Gasteiger partial charge >= 0.3 is 0 Å². The molecule has 1 saturated carbocycles. The zero-order chi connectivity index (χ0) is 10.4. The highest BCUT2D eigenvalue weighted by molar-refractivity contribution is 6.17. The lowest BCUT2D eigenvalue weighted by Gasteiger charge is -2.28. The number of rotatable bonds is 8. The molecule has 0 aromatic heterocycles. The Labute approximate surface area is 92.6 Å². The Morgan fingerprint density at radius 3 is 2.64 bits per heavy atom. The molecule has 0 amide bonds. The van der Waals surface area contributed by atoms with Crippen molar-refractivity contribution in [1.82, 2.24) is 4.90 Å². The second-order valence-electron chi connectivity index (χ2n) is 4.15. The van der Waals surface area contributed by atoms with Crippen LogP contribution in [0.25, 0.3) is 0 Å². The molecule has 0 heterocycles. The minimum atomic E-state index is 0.716. The number of nitrogens with zero attached hydrogens (tertiary/aromatic N) is 1. The second kappa shape index (κ2) is 6.65. The first-order valence-electron chi connectivity index (χ1n) is 5.58. The largest absolute Gasteiger partial charge is 0.383 e. The molecule has 1 fully saturated rings. The van der Waals surface area contributed by atoms with Crippen molar-refractivity contribution in [3.05, 3.63) is 0 Å². The van der Waals surface area contributed by atoms with Gasteiger partial charge in [0.1, 0.15) is 0 Å². The van der Waals surface area contributed by atoms with Crippen molar-refractivity contribution < 1.29 is 4.74 Å². The lowest BCUT2D eigenvalue weighted by atomic mass is 10.2. The third kappa shape index (κ3) is 4.16. The van der Waals surface area contributed by atoms with Crippen LogP contribution in [0.2, 0.25) is 0 Å². The summed E-state index contributed by atoms with van der Waals surface area (Å²) >= 11 is 5.72. The van der Waals surface area contributed by atoms with Crippen LogP contribution in [0.1, 0.15) is 26.2 Å². The second-order valence-corrected chi connectivity index (χ2v) is 4.53. The fourth-order valence-corrected chi connectivity index (χ4v) is 1.99. The van der Waals surface area contributed by atoms with Crippen molar-refractivity contribution in [3.63, 3.8) is 0 Å². The van der Waals surface area contributed by atoms with Gasteiger partial charge in [-0.2, -0.15) is 0 Å². The predicted molar refractivity (Wildman–Crippen MR) is 61.0 cm³/mol. The summed E-state index contributed by atoms with van der Waals surface area (Å²) in [6, 6.07) is 0.716. The van der Waals surface area contributed by atoms with Gasteiger partial charge in [-0.15, -0.1) is 11.6 Å². The molecular weight excluding hydrogens is 198 g/mol. The van der Waals surface area contributed by atoms with Crippen LogP contribution in [0.3, 0.4) is 0 Å². The van der Waals surface area contributed by atoms with Gasteiger partial charge < -0.3 is 4.74 Å². The van der Waals surface area contributed by atoms with Crippen LogP contribution in [0.4, 0.5) is 0 Å². The first kappa shape index (κ1) is 12.3. The van der Waals surface area contributed by atoms with E-state index in [1.54, 1.807) is 7.11 Å². The Kier molecular flexibility index (Phi) is 5.83. The Morgan fingerprint density at radius 2 is 2.14 bits per heavy atom. The van der Waals surface area contributed by atoms with Gasteiger partial charge in [0.15, 0.2) is 0 Å². The zero-order valence-corrected chi connectivity index (χ0v) is 10.1. The van der Waals surface area contributed by atoms with E-state index >= 15 is 0 Å². The van der Waals surface area contributed by atoms with Gasteiger partial charge in [0, 0.05) is 25.6 Å². The van der Waals surface area contributed by atoms with Crippen LogP contribution in [-0.2, 0) is 4.74 Å². The van der Waals surface area contributed by atoms with Gasteiger partial charge in [-0.05, 0) is 38.6 Å². The number of hydrogen-bond donors (Lipinski definition) is 0. The zero-order valence-electron chi connectivity index (χ0n) is 9.34. The molecule has 1 atom stereocenters. The molecule has 0 saturated heterocycles. The average Bonchev–Trinajstić information content (AvgIpc) is 3.00. The minimum absolute atomic E-state index is 0.716. The monoisotopic (exact) mass is 219 g/mol. The summed E-state index contributed by atoms with van der Waals surface area (Å²) in [5.41, 5.74) is 0. The number of alkyl halides is 1. The summed E-state index contributed by atoms with van der Waals surface area (Å²) in [6.45, 7) is 5.33. The Morgan fingerprint density at radius 1 is 1.43 bits per heavy atom. The number of hydrogen-bond acceptors (Lipinski definition) is 2. The van der Waals surface area contributed by atoms with Crippen LogP contribution < -0.4 is 0 Å². The molecule has 0 aromatic carbocycles. The molecule has 0 aliphatic heterocycles. The van der Waals surface area contributed by atoms with E-state index in [1.807, 2.05) is 0 Å². The van der Waals surface area contributed by atoms with Crippen LogP contribution in [0.15, 0.2) is 0 Å². The number of methoxy groups -OCH3 is 1. The summed E-state index contributed by atoms with van der Waals surface area (Å²) in [7, 11) is 1.77. The average molecular weight is 220 g/mol. The molecule has 14 heavy (non-hydrogen) atoms. The fraction of sp³-hybridized carbons (Fsp3) is 1.00. The fourth-order valence-electron chi connectivity index (χ4n) is 1.87. The molecule has 1 unspecified atom stereocenters.